The SMILES string of the molecule is N#Cc1cc(OC(F)F)cc(C=O)c1[N+](=O)[O-]. The minimum Gasteiger partial charge on any atom is -0.435 e. The molecule has 6 nitrogen and oxygen atoms in total. The van der Waals surface area contributed by atoms with Crippen molar-refractivity contribution >= 4 is 12.0 Å². The van der Waals surface area contributed by atoms with E-state index in [-0.39, 0.29) is 6.29 Å². The van der Waals surface area contributed by atoms with Gasteiger partial charge in [-0.25, -0.2) is 0 Å². The highest BCUT2D eigenvalue weighted by molar-refractivity contribution is 5.84. The molecule has 0 radical (unpaired) electrons. The lowest BCUT2D eigenvalue weighted by Gasteiger charge is -2.06. The average Bonchev–Trinajstić information content (AvgIpc) is 2.26. The largest absolute Gasteiger partial charge is 0.435 e. The molecule has 0 aliphatic heterocycles. The zero-order chi connectivity index (χ0) is 13.0. The Kier molecular flexibility index (Phi) is 3.66. The van der Waals surface area contributed by atoms with E-state index in [1.807, 2.05) is 0 Å². The Morgan fingerprint density at radius 3 is 2.59 bits per heavy atom. The quantitative estimate of drug-likeness (QED) is 0.456. The van der Waals surface area contributed by atoms with E-state index in [1.54, 1.807) is 0 Å². The molecular formula is C9H4F2N2O4. The Bertz CT molecular complexity index is 510. The maximum Gasteiger partial charge on any atom is 0.387 e. The second-order valence-electron chi connectivity index (χ2n) is 2.77. The normalized spacial score (nSPS) is 9.76. The summed E-state index contributed by atoms with van der Waals surface area (Å²) in [6, 6.07) is 2.99. The number of benzene rings is 1. The number of nitriles is 1. The maximum atomic E-state index is 11.9. The first-order chi connectivity index (χ1) is 7.99. The zero-order valence-electron chi connectivity index (χ0n) is 8.09. The first-order valence-electron chi connectivity index (χ1n) is 4.12. The molecule has 8 heteroatoms. The number of nitrogens with zero attached hydrogens (tertiary/aromatic N) is 2. The van der Waals surface area contributed by atoms with Crippen LogP contribution in [0.2, 0.25) is 0 Å². The van der Waals surface area contributed by atoms with Crippen molar-refractivity contribution in [3.05, 3.63) is 33.4 Å². The summed E-state index contributed by atoms with van der Waals surface area (Å²) in [5, 5.41) is 19.2. The average molecular weight is 242 g/mol. The summed E-state index contributed by atoms with van der Waals surface area (Å²) in [6.07, 6.45) is 0.0945. The van der Waals surface area contributed by atoms with Gasteiger partial charge in [0.15, 0.2) is 6.29 Å². The minimum atomic E-state index is -3.15. The van der Waals surface area contributed by atoms with Crippen LogP contribution >= 0.6 is 0 Å². The summed E-state index contributed by atoms with van der Waals surface area (Å²) >= 11 is 0. The standard InChI is InChI=1S/C9H4F2N2O4/c10-9(11)17-7-1-5(3-12)8(13(15)16)6(2-7)4-14/h1-2,4,9H. The van der Waals surface area contributed by atoms with Crippen molar-refractivity contribution in [2.45, 2.75) is 6.61 Å². The van der Waals surface area contributed by atoms with E-state index in [0.717, 1.165) is 12.1 Å². The Morgan fingerprint density at radius 2 is 2.18 bits per heavy atom. The molecule has 0 aliphatic rings. The van der Waals surface area contributed by atoms with Crippen LogP contribution < -0.4 is 4.74 Å². The van der Waals surface area contributed by atoms with Crippen LogP contribution in [-0.2, 0) is 0 Å². The van der Waals surface area contributed by atoms with Crippen LogP contribution in [-0.4, -0.2) is 17.8 Å². The van der Waals surface area contributed by atoms with Crippen LogP contribution in [0.15, 0.2) is 12.1 Å². The van der Waals surface area contributed by atoms with Crippen LogP contribution in [0.3, 0.4) is 0 Å². The predicted molar refractivity (Wildman–Crippen MR) is 49.8 cm³/mol. The molecule has 0 fully saturated rings. The first kappa shape index (κ1) is 12.5. The number of aldehydes is 1. The minimum absolute atomic E-state index is 0.0945. The number of nitro benzene ring substituents is 1. The molecule has 0 saturated carbocycles. The van der Waals surface area contributed by atoms with Gasteiger partial charge in [0.1, 0.15) is 17.4 Å². The number of rotatable bonds is 4. The van der Waals surface area contributed by atoms with Crippen molar-refractivity contribution in [3.63, 3.8) is 0 Å². The van der Waals surface area contributed by atoms with E-state index in [9.17, 15) is 23.7 Å². The number of halogens is 2. The van der Waals surface area contributed by atoms with Crippen LogP contribution in [0, 0.1) is 21.4 Å². The zero-order valence-corrected chi connectivity index (χ0v) is 8.09. The molecule has 0 amide bonds. The number of hydrogen-bond donors (Lipinski definition) is 0. The van der Waals surface area contributed by atoms with Gasteiger partial charge < -0.3 is 4.74 Å². The molecule has 0 unspecified atom stereocenters. The van der Waals surface area contributed by atoms with E-state index in [2.05, 4.69) is 4.74 Å². The Labute approximate surface area is 93.2 Å². The first-order valence-corrected chi connectivity index (χ1v) is 4.12. The molecule has 0 aromatic heterocycles. The highest BCUT2D eigenvalue weighted by Crippen LogP contribution is 2.28. The number of ether oxygens (including phenoxy) is 1. The topological polar surface area (TPSA) is 93.2 Å². The smallest absolute Gasteiger partial charge is 0.387 e. The van der Waals surface area contributed by atoms with Gasteiger partial charge in [0.05, 0.1) is 10.5 Å². The fourth-order valence-corrected chi connectivity index (χ4v) is 1.18. The molecule has 0 N–H and O–H groups in total. The second kappa shape index (κ2) is 4.98. The highest BCUT2D eigenvalue weighted by Gasteiger charge is 2.22. The van der Waals surface area contributed by atoms with E-state index >= 15 is 0 Å². The van der Waals surface area contributed by atoms with Gasteiger partial charge in [0.25, 0.3) is 5.69 Å². The van der Waals surface area contributed by atoms with Crippen molar-refractivity contribution in [2.75, 3.05) is 0 Å². The Hall–Kier alpha value is -2.56. The third-order valence-corrected chi connectivity index (χ3v) is 1.77. The molecule has 88 valence electrons. The van der Waals surface area contributed by atoms with Crippen molar-refractivity contribution in [1.82, 2.24) is 0 Å². The molecule has 0 aliphatic carbocycles. The molecule has 1 aromatic rings. The van der Waals surface area contributed by atoms with E-state index in [1.165, 1.54) is 6.07 Å². The van der Waals surface area contributed by atoms with E-state index < -0.39 is 34.1 Å². The van der Waals surface area contributed by atoms with Crippen LogP contribution in [0.1, 0.15) is 15.9 Å². The molecule has 0 atom stereocenters. The van der Waals surface area contributed by atoms with Crippen LogP contribution in [0.5, 0.6) is 5.75 Å². The highest BCUT2D eigenvalue weighted by atomic mass is 19.3. The Morgan fingerprint density at radius 1 is 1.53 bits per heavy atom. The summed E-state index contributed by atoms with van der Waals surface area (Å²) in [6.45, 7) is -3.15. The maximum absolute atomic E-state index is 11.9. The fourth-order valence-electron chi connectivity index (χ4n) is 1.18. The molecule has 1 rings (SSSR count). The van der Waals surface area contributed by atoms with Crippen LogP contribution in [0.4, 0.5) is 14.5 Å². The Balaban J connectivity index is 3.40. The van der Waals surface area contributed by atoms with E-state index in [4.69, 9.17) is 5.26 Å². The van der Waals surface area contributed by atoms with Crippen molar-refractivity contribution in [2.24, 2.45) is 0 Å². The van der Waals surface area contributed by atoms with Gasteiger partial charge in [0.2, 0.25) is 0 Å². The molecule has 0 spiro atoms. The number of carbonyl (C=O) groups excluding carboxylic acids is 1. The van der Waals surface area contributed by atoms with Crippen molar-refractivity contribution < 1.29 is 23.2 Å². The monoisotopic (exact) mass is 242 g/mol. The van der Waals surface area contributed by atoms with Gasteiger partial charge in [-0.15, -0.1) is 0 Å². The van der Waals surface area contributed by atoms with Crippen molar-refractivity contribution in [3.8, 4) is 11.8 Å². The fraction of sp³-hybridized carbons (Fsp3) is 0.111. The molecule has 0 heterocycles. The van der Waals surface area contributed by atoms with E-state index in [0.29, 0.717) is 0 Å². The lowest BCUT2D eigenvalue weighted by molar-refractivity contribution is -0.385. The predicted octanol–water partition coefficient (Wildman–Crippen LogP) is 1.88. The number of hydrogen-bond acceptors (Lipinski definition) is 5. The summed E-state index contributed by atoms with van der Waals surface area (Å²) in [5.41, 5.74) is -1.75. The number of carbonyl (C=O) groups is 1. The molecular weight excluding hydrogens is 238 g/mol. The summed E-state index contributed by atoms with van der Waals surface area (Å²) in [7, 11) is 0. The molecule has 0 saturated heterocycles. The summed E-state index contributed by atoms with van der Waals surface area (Å²) in [5.74, 6) is -0.482. The van der Waals surface area contributed by atoms with Gasteiger partial charge in [0, 0.05) is 6.07 Å². The number of alkyl halides is 2. The number of nitro groups is 1. The van der Waals surface area contributed by atoms with Crippen molar-refractivity contribution in [1.29, 1.82) is 5.26 Å². The van der Waals surface area contributed by atoms with Gasteiger partial charge in [-0.3, -0.25) is 14.9 Å². The molecule has 1 aromatic carbocycles. The van der Waals surface area contributed by atoms with Gasteiger partial charge in [-0.05, 0) is 6.07 Å². The van der Waals surface area contributed by atoms with Crippen LogP contribution in [0.25, 0.3) is 0 Å². The third kappa shape index (κ3) is 2.72. The van der Waals surface area contributed by atoms with Gasteiger partial charge in [-0.2, -0.15) is 14.0 Å². The molecule has 17 heavy (non-hydrogen) atoms. The van der Waals surface area contributed by atoms with Gasteiger partial charge in [-0.1, -0.05) is 0 Å². The lowest BCUT2D eigenvalue weighted by Crippen LogP contribution is -2.05. The second-order valence-corrected chi connectivity index (χ2v) is 2.77. The lowest BCUT2D eigenvalue weighted by atomic mass is 10.1. The third-order valence-electron chi connectivity index (χ3n) is 1.77. The summed E-state index contributed by atoms with van der Waals surface area (Å²) in [4.78, 5) is 20.2. The summed E-state index contributed by atoms with van der Waals surface area (Å²) < 4.78 is 27.8. The van der Waals surface area contributed by atoms with Gasteiger partial charge >= 0.3 is 6.61 Å². The molecule has 0 bridgehead atoms.